The quantitative estimate of drug-likeness (QED) is 0.223. The number of benzene rings is 3. The summed E-state index contributed by atoms with van der Waals surface area (Å²) in [5, 5.41) is 6.66. The summed E-state index contributed by atoms with van der Waals surface area (Å²) in [6.07, 6.45) is 1.41. The number of nitrogens with one attached hydrogen (secondary N) is 2. The molecule has 53 heavy (non-hydrogen) atoms. The zero-order valence-corrected chi connectivity index (χ0v) is 32.7. The molecule has 0 bridgehead atoms. The van der Waals surface area contributed by atoms with Crippen LogP contribution < -0.4 is 15.5 Å². The lowest BCUT2D eigenvalue weighted by molar-refractivity contribution is -0.121. The Morgan fingerprint density at radius 2 is 1.09 bits per heavy atom. The fourth-order valence-corrected chi connectivity index (χ4v) is 6.77. The highest BCUT2D eigenvalue weighted by molar-refractivity contribution is 6.34. The predicted octanol–water partition coefficient (Wildman–Crippen LogP) is 8.88. The summed E-state index contributed by atoms with van der Waals surface area (Å²) in [6.45, 7) is 12.6. The van der Waals surface area contributed by atoms with Crippen LogP contribution in [0.25, 0.3) is 0 Å². The third-order valence-corrected chi connectivity index (χ3v) is 9.47. The Hall–Kier alpha value is -4.48. The normalized spacial score (nSPS) is 17.4. The van der Waals surface area contributed by atoms with Gasteiger partial charge in [0.25, 0.3) is 0 Å². The maximum atomic E-state index is 13.5. The molecular weight excluding hydrogens is 717 g/mol. The van der Waals surface area contributed by atoms with Crippen LogP contribution in [0.15, 0.2) is 66.7 Å². The lowest BCUT2D eigenvalue weighted by Crippen LogP contribution is -2.45. The minimum absolute atomic E-state index is 0.324. The van der Waals surface area contributed by atoms with Gasteiger partial charge >= 0.3 is 12.2 Å². The van der Waals surface area contributed by atoms with E-state index in [9.17, 15) is 19.2 Å². The Kier molecular flexibility index (Phi) is 12.5. The van der Waals surface area contributed by atoms with Gasteiger partial charge in [-0.2, -0.15) is 0 Å². The first kappa shape index (κ1) is 39.7. The molecule has 2 fully saturated rings. The van der Waals surface area contributed by atoms with Crippen LogP contribution in [0.2, 0.25) is 10.0 Å². The van der Waals surface area contributed by atoms with E-state index in [-0.39, 0.29) is 11.8 Å². The Morgan fingerprint density at radius 1 is 0.679 bits per heavy atom. The van der Waals surface area contributed by atoms with E-state index in [1.807, 2.05) is 54.6 Å². The largest absolute Gasteiger partial charge is 0.444 e. The molecular formula is C40H49Cl2N5O6. The zero-order chi connectivity index (χ0) is 38.5. The van der Waals surface area contributed by atoms with Crippen molar-refractivity contribution in [3.8, 4) is 0 Å². The number of anilines is 3. The molecule has 2 unspecified atom stereocenters. The summed E-state index contributed by atoms with van der Waals surface area (Å²) < 4.78 is 11.1. The van der Waals surface area contributed by atoms with Gasteiger partial charge in [-0.25, -0.2) is 9.59 Å². The van der Waals surface area contributed by atoms with E-state index in [4.69, 9.17) is 32.7 Å². The second-order valence-corrected chi connectivity index (χ2v) is 16.3. The number of carbonyl (C=O) groups is 4. The lowest BCUT2D eigenvalue weighted by atomic mass is 10.1. The van der Waals surface area contributed by atoms with Gasteiger partial charge in [0.05, 0.1) is 21.4 Å². The first-order valence-corrected chi connectivity index (χ1v) is 18.7. The van der Waals surface area contributed by atoms with Gasteiger partial charge < -0.3 is 25.0 Å². The summed E-state index contributed by atoms with van der Waals surface area (Å²) in [6, 6.07) is 19.5. The Balaban J connectivity index is 1.31. The van der Waals surface area contributed by atoms with E-state index in [2.05, 4.69) is 15.5 Å². The molecule has 5 rings (SSSR count). The maximum absolute atomic E-state index is 13.5. The fraction of sp³-hybridized carbons (Fsp3) is 0.450. The first-order valence-electron chi connectivity index (χ1n) is 18.0. The minimum Gasteiger partial charge on any atom is -0.444 e. The van der Waals surface area contributed by atoms with E-state index < -0.39 is 35.5 Å². The molecule has 11 nitrogen and oxygen atoms in total. The van der Waals surface area contributed by atoms with Gasteiger partial charge in [0.2, 0.25) is 11.8 Å². The number of hydrogen-bond donors (Lipinski definition) is 2. The lowest BCUT2D eigenvalue weighted by Gasteiger charge is -2.28. The molecule has 2 N–H and O–H groups in total. The molecule has 2 heterocycles. The van der Waals surface area contributed by atoms with Gasteiger partial charge in [0.1, 0.15) is 23.3 Å². The van der Waals surface area contributed by atoms with Gasteiger partial charge in [0, 0.05) is 31.9 Å². The second kappa shape index (κ2) is 16.7. The molecule has 2 saturated heterocycles. The van der Waals surface area contributed by atoms with Crippen LogP contribution in [-0.4, -0.2) is 70.2 Å². The van der Waals surface area contributed by atoms with E-state index in [1.165, 1.54) is 9.80 Å². The average molecular weight is 767 g/mol. The number of likely N-dealkylation sites (tertiary alicyclic amines) is 2. The zero-order valence-electron chi connectivity index (χ0n) is 31.2. The Labute approximate surface area is 321 Å². The molecule has 3 aromatic rings. The number of carbonyl (C=O) groups excluding carboxylic acids is 4. The topological polar surface area (TPSA) is 121 Å². The van der Waals surface area contributed by atoms with Gasteiger partial charge in [-0.3, -0.25) is 19.4 Å². The molecule has 2 aliphatic heterocycles. The monoisotopic (exact) mass is 765 g/mol. The highest BCUT2D eigenvalue weighted by Gasteiger charge is 2.38. The van der Waals surface area contributed by atoms with Crippen molar-refractivity contribution in [2.75, 3.05) is 28.6 Å². The highest BCUT2D eigenvalue weighted by Crippen LogP contribution is 2.31. The van der Waals surface area contributed by atoms with Crippen molar-refractivity contribution in [2.45, 2.75) is 104 Å². The molecule has 0 spiro atoms. The van der Waals surface area contributed by atoms with E-state index in [0.29, 0.717) is 73.3 Å². The number of hydrogen-bond acceptors (Lipinski definition) is 7. The number of halogens is 2. The van der Waals surface area contributed by atoms with Crippen molar-refractivity contribution in [2.24, 2.45) is 0 Å². The smallest absolute Gasteiger partial charge is 0.410 e. The van der Waals surface area contributed by atoms with E-state index in [1.54, 1.807) is 53.7 Å². The number of nitrogens with zero attached hydrogens (tertiary/aromatic N) is 3. The van der Waals surface area contributed by atoms with Crippen LogP contribution in [0.4, 0.5) is 26.7 Å². The molecule has 0 radical (unpaired) electrons. The molecule has 3 aromatic carbocycles. The minimum atomic E-state index is -0.675. The standard InChI is InChI=1S/C40H49Cl2N5O6/c1-39(2,3)52-37(50)46-20-10-14-33(46)35(48)43-31-22-26(16-18-29(31)41)24-45(28-12-8-7-9-13-28)25-27-17-19-30(42)32(23-27)44-36(49)34-15-11-21-47(34)38(51)53-40(4,5)6/h7-9,12-13,16-19,22-23,33-34H,10-11,14-15,20-21,24-25H2,1-6H3,(H,43,48)(H,44,49). The van der Waals surface area contributed by atoms with Crippen LogP contribution in [0, 0.1) is 0 Å². The van der Waals surface area contributed by atoms with E-state index in [0.717, 1.165) is 16.8 Å². The van der Waals surface area contributed by atoms with Crippen LogP contribution in [0.3, 0.4) is 0 Å². The van der Waals surface area contributed by atoms with Crippen molar-refractivity contribution in [1.29, 1.82) is 0 Å². The van der Waals surface area contributed by atoms with E-state index >= 15 is 0 Å². The van der Waals surface area contributed by atoms with Crippen molar-refractivity contribution in [3.63, 3.8) is 0 Å². The molecule has 2 atom stereocenters. The predicted molar refractivity (Wildman–Crippen MR) is 208 cm³/mol. The molecule has 0 aliphatic carbocycles. The van der Waals surface area contributed by atoms with Crippen molar-refractivity contribution in [3.05, 3.63) is 87.9 Å². The summed E-state index contributed by atoms with van der Waals surface area (Å²) in [5.74, 6) is -0.648. The summed E-state index contributed by atoms with van der Waals surface area (Å²) in [4.78, 5) is 57.7. The SMILES string of the molecule is CC(C)(C)OC(=O)N1CCCC1C(=O)Nc1cc(CN(Cc2ccc(Cl)c(NC(=O)C3CCCN3C(=O)OC(C)(C)C)c2)c2ccccc2)ccc1Cl. The van der Waals surface area contributed by atoms with Gasteiger partial charge in [-0.15, -0.1) is 0 Å². The number of para-hydroxylation sites is 1. The molecule has 0 saturated carbocycles. The van der Waals surface area contributed by atoms with Crippen LogP contribution in [0.1, 0.15) is 78.4 Å². The van der Waals surface area contributed by atoms with Crippen molar-refractivity contribution >= 4 is 64.3 Å². The number of rotatable bonds is 9. The van der Waals surface area contributed by atoms with Gasteiger partial charge in [0.15, 0.2) is 0 Å². The molecule has 2 aliphatic rings. The van der Waals surface area contributed by atoms with Crippen LogP contribution in [-0.2, 0) is 32.2 Å². The second-order valence-electron chi connectivity index (χ2n) is 15.5. The highest BCUT2D eigenvalue weighted by atomic mass is 35.5. The summed E-state index contributed by atoms with van der Waals surface area (Å²) >= 11 is 13.2. The van der Waals surface area contributed by atoms with Crippen molar-refractivity contribution in [1.82, 2.24) is 9.80 Å². The van der Waals surface area contributed by atoms with Crippen LogP contribution in [0.5, 0.6) is 0 Å². The van der Waals surface area contributed by atoms with Crippen molar-refractivity contribution < 1.29 is 28.7 Å². The average Bonchev–Trinajstić information content (AvgIpc) is 3.78. The Bertz CT molecular complexity index is 1700. The Morgan fingerprint density at radius 3 is 1.49 bits per heavy atom. The summed E-state index contributed by atoms with van der Waals surface area (Å²) in [5.41, 5.74) is 2.26. The molecule has 284 valence electrons. The maximum Gasteiger partial charge on any atom is 0.410 e. The van der Waals surface area contributed by atoms with Gasteiger partial charge in [-0.1, -0.05) is 53.5 Å². The molecule has 0 aromatic heterocycles. The fourth-order valence-electron chi connectivity index (χ4n) is 6.44. The summed E-state index contributed by atoms with van der Waals surface area (Å²) in [7, 11) is 0. The molecule has 13 heteroatoms. The first-order chi connectivity index (χ1) is 25.0. The molecule has 4 amide bonds. The van der Waals surface area contributed by atoms with Gasteiger partial charge in [-0.05, 0) is 115 Å². The number of ether oxygens (including phenoxy) is 2. The van der Waals surface area contributed by atoms with Crippen LogP contribution >= 0.6 is 23.2 Å². The third-order valence-electron chi connectivity index (χ3n) is 8.81. The third kappa shape index (κ3) is 10.8. The number of amides is 4.